The van der Waals surface area contributed by atoms with E-state index < -0.39 is 5.41 Å². The molecule has 1 N–H and O–H groups in total. The molecule has 1 heterocycles. The van der Waals surface area contributed by atoms with Gasteiger partial charge >= 0.3 is 5.97 Å². The highest BCUT2D eigenvalue weighted by atomic mass is 16.5. The van der Waals surface area contributed by atoms with Crippen molar-refractivity contribution in [3.8, 4) is 0 Å². The second kappa shape index (κ2) is 4.97. The first-order valence-electron chi connectivity index (χ1n) is 5.86. The molecule has 3 nitrogen and oxygen atoms in total. The van der Waals surface area contributed by atoms with Crippen molar-refractivity contribution >= 4 is 5.97 Å². The van der Waals surface area contributed by atoms with Crippen molar-refractivity contribution in [1.29, 1.82) is 0 Å². The van der Waals surface area contributed by atoms with Crippen LogP contribution in [0, 0.1) is 5.41 Å². The van der Waals surface area contributed by atoms with E-state index in [9.17, 15) is 4.79 Å². The first-order chi connectivity index (χ1) is 6.91. The minimum atomic E-state index is -0.400. The normalized spacial score (nSPS) is 24.7. The molecule has 1 saturated heterocycles. The van der Waals surface area contributed by atoms with Crippen LogP contribution < -0.4 is 5.32 Å². The largest absolute Gasteiger partial charge is 0.461 e. The quantitative estimate of drug-likeness (QED) is 0.714. The van der Waals surface area contributed by atoms with Gasteiger partial charge in [-0.3, -0.25) is 4.79 Å². The zero-order valence-corrected chi connectivity index (χ0v) is 10.3. The lowest BCUT2D eigenvalue weighted by Gasteiger charge is -2.30. The molecule has 0 aromatic heterocycles. The molecule has 0 aliphatic carbocycles. The van der Waals surface area contributed by atoms with Crippen molar-refractivity contribution < 1.29 is 9.53 Å². The number of carbonyl (C=O) groups is 1. The molecule has 15 heavy (non-hydrogen) atoms. The molecule has 1 aliphatic rings. The Morgan fingerprint density at radius 2 is 2.07 bits per heavy atom. The van der Waals surface area contributed by atoms with Gasteiger partial charge in [-0.25, -0.2) is 0 Å². The Labute approximate surface area is 92.6 Å². The third kappa shape index (κ3) is 3.82. The summed E-state index contributed by atoms with van der Waals surface area (Å²) in [4.78, 5) is 11.7. The smallest absolute Gasteiger partial charge is 0.311 e. The average Bonchev–Trinajstić information content (AvgIpc) is 2.17. The number of hydrogen-bond donors (Lipinski definition) is 1. The second-order valence-corrected chi connectivity index (χ2v) is 5.42. The average molecular weight is 213 g/mol. The predicted molar refractivity (Wildman–Crippen MR) is 60.7 cm³/mol. The molecular weight excluding hydrogens is 190 g/mol. The maximum Gasteiger partial charge on any atom is 0.311 e. The van der Waals surface area contributed by atoms with E-state index in [1.165, 1.54) is 12.8 Å². The maximum absolute atomic E-state index is 11.7. The Kier molecular flexibility index (Phi) is 4.14. The van der Waals surface area contributed by atoms with E-state index in [2.05, 4.69) is 5.32 Å². The highest BCUT2D eigenvalue weighted by Gasteiger charge is 2.28. The molecule has 0 saturated carbocycles. The van der Waals surface area contributed by atoms with Crippen LogP contribution in [0.2, 0.25) is 0 Å². The van der Waals surface area contributed by atoms with Crippen LogP contribution in [0.4, 0.5) is 0 Å². The molecule has 0 radical (unpaired) electrons. The lowest BCUT2D eigenvalue weighted by atomic mass is 9.96. The molecule has 0 bridgehead atoms. The predicted octanol–water partition coefficient (Wildman–Crippen LogP) is 2.11. The van der Waals surface area contributed by atoms with Crippen molar-refractivity contribution in [2.24, 2.45) is 5.41 Å². The highest BCUT2D eigenvalue weighted by molar-refractivity contribution is 5.75. The molecule has 0 spiro atoms. The lowest BCUT2D eigenvalue weighted by molar-refractivity contribution is -0.159. The summed E-state index contributed by atoms with van der Waals surface area (Å²) >= 11 is 0. The minimum Gasteiger partial charge on any atom is -0.461 e. The molecule has 88 valence electrons. The fourth-order valence-electron chi connectivity index (χ4n) is 1.71. The summed E-state index contributed by atoms with van der Waals surface area (Å²) < 4.78 is 5.45. The summed E-state index contributed by atoms with van der Waals surface area (Å²) in [5, 5.41) is 3.40. The van der Waals surface area contributed by atoms with Crippen LogP contribution in [0.15, 0.2) is 0 Å². The van der Waals surface area contributed by atoms with Gasteiger partial charge < -0.3 is 10.1 Å². The number of esters is 1. The Bertz CT molecular complexity index is 214. The summed E-state index contributed by atoms with van der Waals surface area (Å²) in [6.45, 7) is 8.68. The van der Waals surface area contributed by atoms with Gasteiger partial charge in [-0.1, -0.05) is 6.42 Å². The first kappa shape index (κ1) is 12.5. The SMILES string of the molecule is CC(OC(=O)C(C)(C)C)C1CCCCN1. The highest BCUT2D eigenvalue weighted by Crippen LogP contribution is 2.19. The summed E-state index contributed by atoms with van der Waals surface area (Å²) in [7, 11) is 0. The molecule has 3 heteroatoms. The monoisotopic (exact) mass is 213 g/mol. The van der Waals surface area contributed by atoms with Gasteiger partial charge in [-0.05, 0) is 47.1 Å². The molecular formula is C12H23NO2. The fraction of sp³-hybridized carbons (Fsp3) is 0.917. The number of ether oxygens (including phenoxy) is 1. The van der Waals surface area contributed by atoms with Gasteiger partial charge in [0.15, 0.2) is 0 Å². The Balaban J connectivity index is 2.40. The van der Waals surface area contributed by atoms with Crippen molar-refractivity contribution in [3.05, 3.63) is 0 Å². The van der Waals surface area contributed by atoms with E-state index in [0.29, 0.717) is 6.04 Å². The third-order valence-corrected chi connectivity index (χ3v) is 2.82. The van der Waals surface area contributed by atoms with Gasteiger partial charge in [-0.15, -0.1) is 0 Å². The van der Waals surface area contributed by atoms with E-state index in [4.69, 9.17) is 4.74 Å². The first-order valence-corrected chi connectivity index (χ1v) is 5.86. The van der Waals surface area contributed by atoms with E-state index in [-0.39, 0.29) is 12.1 Å². The van der Waals surface area contributed by atoms with Gasteiger partial charge in [0.05, 0.1) is 5.41 Å². The zero-order valence-electron chi connectivity index (χ0n) is 10.3. The molecule has 2 unspecified atom stereocenters. The number of rotatable bonds is 2. The van der Waals surface area contributed by atoms with Gasteiger partial charge in [0, 0.05) is 6.04 Å². The second-order valence-electron chi connectivity index (χ2n) is 5.42. The molecule has 1 rings (SSSR count). The fourth-order valence-corrected chi connectivity index (χ4v) is 1.71. The van der Waals surface area contributed by atoms with E-state index in [0.717, 1.165) is 13.0 Å². The van der Waals surface area contributed by atoms with E-state index in [1.807, 2.05) is 27.7 Å². The number of piperidine rings is 1. The number of carbonyl (C=O) groups excluding carboxylic acids is 1. The topological polar surface area (TPSA) is 38.3 Å². The van der Waals surface area contributed by atoms with E-state index in [1.54, 1.807) is 0 Å². The molecule has 2 atom stereocenters. The summed E-state index contributed by atoms with van der Waals surface area (Å²) in [5.41, 5.74) is -0.400. The molecule has 1 aliphatic heterocycles. The molecule has 0 amide bonds. The van der Waals surface area contributed by atoms with Crippen molar-refractivity contribution in [1.82, 2.24) is 5.32 Å². The maximum atomic E-state index is 11.7. The van der Waals surface area contributed by atoms with E-state index >= 15 is 0 Å². The Hall–Kier alpha value is -0.570. The van der Waals surface area contributed by atoms with Gasteiger partial charge in [-0.2, -0.15) is 0 Å². The standard InChI is InChI=1S/C12H23NO2/c1-9(10-7-5-6-8-13-10)15-11(14)12(2,3)4/h9-10,13H,5-8H2,1-4H3. The van der Waals surface area contributed by atoms with Crippen LogP contribution in [0.1, 0.15) is 47.0 Å². The number of nitrogens with one attached hydrogen (secondary N) is 1. The zero-order chi connectivity index (χ0) is 11.5. The molecule has 0 aromatic carbocycles. The van der Waals surface area contributed by atoms with Crippen LogP contribution >= 0.6 is 0 Å². The van der Waals surface area contributed by atoms with Crippen molar-refractivity contribution in [2.75, 3.05) is 6.54 Å². The van der Waals surface area contributed by atoms with Crippen molar-refractivity contribution in [2.45, 2.75) is 59.1 Å². The van der Waals surface area contributed by atoms with Crippen LogP contribution in [0.3, 0.4) is 0 Å². The lowest BCUT2D eigenvalue weighted by Crippen LogP contribution is -2.44. The summed E-state index contributed by atoms with van der Waals surface area (Å²) in [6.07, 6.45) is 3.56. The summed E-state index contributed by atoms with van der Waals surface area (Å²) in [6, 6.07) is 0.338. The minimum absolute atomic E-state index is 0.0166. The summed E-state index contributed by atoms with van der Waals surface area (Å²) in [5.74, 6) is -0.109. The molecule has 1 fully saturated rings. The third-order valence-electron chi connectivity index (χ3n) is 2.82. The van der Waals surface area contributed by atoms with Gasteiger partial charge in [0.25, 0.3) is 0 Å². The Morgan fingerprint density at radius 3 is 2.53 bits per heavy atom. The van der Waals surface area contributed by atoms with Crippen LogP contribution in [-0.2, 0) is 9.53 Å². The Morgan fingerprint density at radius 1 is 1.40 bits per heavy atom. The number of hydrogen-bond acceptors (Lipinski definition) is 3. The van der Waals surface area contributed by atoms with Crippen molar-refractivity contribution in [3.63, 3.8) is 0 Å². The van der Waals surface area contributed by atoms with Gasteiger partial charge in [0.2, 0.25) is 0 Å². The molecule has 0 aromatic rings. The van der Waals surface area contributed by atoms with Crippen LogP contribution in [0.5, 0.6) is 0 Å². The van der Waals surface area contributed by atoms with Crippen LogP contribution in [0.25, 0.3) is 0 Å². The van der Waals surface area contributed by atoms with Crippen LogP contribution in [-0.4, -0.2) is 24.7 Å². The van der Waals surface area contributed by atoms with Gasteiger partial charge in [0.1, 0.15) is 6.10 Å².